The Morgan fingerprint density at radius 2 is 1.95 bits per heavy atom. The van der Waals surface area contributed by atoms with E-state index in [1.54, 1.807) is 0 Å². The van der Waals surface area contributed by atoms with Crippen molar-refractivity contribution in [3.8, 4) is 0 Å². The zero-order valence-corrected chi connectivity index (χ0v) is 13.7. The zero-order chi connectivity index (χ0) is 14.1. The van der Waals surface area contributed by atoms with Crippen LogP contribution in [-0.4, -0.2) is 6.04 Å². The smallest absolute Gasteiger partial charge is 0.0568 e. The first-order chi connectivity index (χ1) is 9.61. The van der Waals surface area contributed by atoms with Gasteiger partial charge >= 0.3 is 0 Å². The molecule has 2 aromatic carbocycles. The van der Waals surface area contributed by atoms with Gasteiger partial charge < -0.3 is 5.32 Å². The molecule has 0 heterocycles. The molecule has 104 valence electrons. The van der Waals surface area contributed by atoms with Gasteiger partial charge in [-0.05, 0) is 65.4 Å². The second kappa shape index (κ2) is 5.79. The minimum absolute atomic E-state index is 0.553. The fourth-order valence-electron chi connectivity index (χ4n) is 2.75. The van der Waals surface area contributed by atoms with Gasteiger partial charge in [-0.2, -0.15) is 0 Å². The fraction of sp³-hybridized carbons (Fsp3) is 0.294. The first-order valence-electron chi connectivity index (χ1n) is 6.90. The van der Waals surface area contributed by atoms with E-state index in [4.69, 9.17) is 11.6 Å². The molecule has 1 saturated carbocycles. The van der Waals surface area contributed by atoms with E-state index in [2.05, 4.69) is 58.5 Å². The number of benzene rings is 2. The van der Waals surface area contributed by atoms with E-state index in [1.165, 1.54) is 24.0 Å². The summed E-state index contributed by atoms with van der Waals surface area (Å²) in [6.07, 6.45) is 2.38. The molecular weight excluding hydrogens is 334 g/mol. The molecule has 0 radical (unpaired) electrons. The van der Waals surface area contributed by atoms with Crippen molar-refractivity contribution in [2.75, 3.05) is 5.32 Å². The molecule has 0 atom stereocenters. The van der Waals surface area contributed by atoms with Gasteiger partial charge in [0.1, 0.15) is 0 Å². The van der Waals surface area contributed by atoms with Crippen LogP contribution in [0.2, 0.25) is 5.02 Å². The van der Waals surface area contributed by atoms with E-state index in [-0.39, 0.29) is 0 Å². The summed E-state index contributed by atoms with van der Waals surface area (Å²) < 4.78 is 0.941. The second-order valence-electron chi connectivity index (χ2n) is 5.55. The van der Waals surface area contributed by atoms with E-state index in [0.717, 1.165) is 15.2 Å². The molecule has 1 fully saturated rings. The minimum Gasteiger partial charge on any atom is -0.382 e. The number of rotatable bonds is 3. The molecule has 0 unspecified atom stereocenters. The highest BCUT2D eigenvalue weighted by molar-refractivity contribution is 9.10. The van der Waals surface area contributed by atoms with Gasteiger partial charge in [0.15, 0.2) is 0 Å². The maximum absolute atomic E-state index is 6.11. The van der Waals surface area contributed by atoms with Gasteiger partial charge in [0.05, 0.1) is 5.02 Å². The Kier molecular flexibility index (Phi) is 4.04. The van der Waals surface area contributed by atoms with Crippen molar-refractivity contribution in [2.45, 2.75) is 31.7 Å². The predicted molar refractivity (Wildman–Crippen MR) is 89.7 cm³/mol. The number of anilines is 1. The van der Waals surface area contributed by atoms with Gasteiger partial charge in [0.2, 0.25) is 0 Å². The summed E-state index contributed by atoms with van der Waals surface area (Å²) in [5.41, 5.74) is 3.92. The van der Waals surface area contributed by atoms with Crippen molar-refractivity contribution in [2.24, 2.45) is 0 Å². The van der Waals surface area contributed by atoms with Gasteiger partial charge in [0.25, 0.3) is 0 Å². The maximum Gasteiger partial charge on any atom is 0.0568 e. The van der Waals surface area contributed by atoms with Crippen molar-refractivity contribution in [3.63, 3.8) is 0 Å². The molecule has 0 bridgehead atoms. The van der Waals surface area contributed by atoms with Crippen LogP contribution >= 0.6 is 27.5 Å². The van der Waals surface area contributed by atoms with Crippen molar-refractivity contribution in [3.05, 3.63) is 63.1 Å². The Labute approximate surface area is 133 Å². The molecule has 1 aliphatic rings. The molecule has 20 heavy (non-hydrogen) atoms. The van der Waals surface area contributed by atoms with Crippen LogP contribution < -0.4 is 5.32 Å². The molecule has 3 rings (SSSR count). The molecular formula is C17H17BrClN. The summed E-state index contributed by atoms with van der Waals surface area (Å²) >= 11 is 9.53. The molecule has 1 N–H and O–H groups in total. The second-order valence-corrected chi connectivity index (χ2v) is 6.81. The third-order valence-corrected chi connectivity index (χ3v) is 5.17. The normalized spacial score (nSPS) is 21.4. The van der Waals surface area contributed by atoms with Crippen LogP contribution in [0.15, 0.2) is 46.9 Å². The van der Waals surface area contributed by atoms with Crippen molar-refractivity contribution in [1.82, 2.24) is 0 Å². The van der Waals surface area contributed by atoms with Gasteiger partial charge in [0, 0.05) is 16.2 Å². The average molecular weight is 351 g/mol. The van der Waals surface area contributed by atoms with Gasteiger partial charge in [-0.3, -0.25) is 0 Å². The summed E-state index contributed by atoms with van der Waals surface area (Å²) in [4.78, 5) is 0. The summed E-state index contributed by atoms with van der Waals surface area (Å²) in [6.45, 7) is 2.15. The average Bonchev–Trinajstić information content (AvgIpc) is 2.37. The lowest BCUT2D eigenvalue weighted by atomic mass is 9.75. The van der Waals surface area contributed by atoms with Crippen molar-refractivity contribution < 1.29 is 0 Å². The van der Waals surface area contributed by atoms with Crippen LogP contribution in [0.3, 0.4) is 0 Å². The largest absolute Gasteiger partial charge is 0.382 e. The van der Waals surface area contributed by atoms with Gasteiger partial charge in [-0.1, -0.05) is 41.4 Å². The Morgan fingerprint density at radius 1 is 1.15 bits per heavy atom. The number of nitrogens with one attached hydrogen (secondary N) is 1. The maximum atomic E-state index is 6.11. The highest BCUT2D eigenvalue weighted by Crippen LogP contribution is 2.39. The lowest BCUT2D eigenvalue weighted by Crippen LogP contribution is -2.34. The number of hydrogen-bond acceptors (Lipinski definition) is 1. The van der Waals surface area contributed by atoms with E-state index in [0.29, 0.717) is 12.0 Å². The number of halogens is 2. The summed E-state index contributed by atoms with van der Waals surface area (Å²) in [5, 5.41) is 4.31. The number of hydrogen-bond donors (Lipinski definition) is 1. The van der Waals surface area contributed by atoms with E-state index >= 15 is 0 Å². The third-order valence-electron chi connectivity index (χ3n) is 3.94. The lowest BCUT2D eigenvalue weighted by Gasteiger charge is -2.37. The molecule has 0 amide bonds. The van der Waals surface area contributed by atoms with E-state index in [1.807, 2.05) is 12.1 Å². The number of aryl methyl sites for hydroxylation is 1. The van der Waals surface area contributed by atoms with Crippen LogP contribution in [0, 0.1) is 6.92 Å². The van der Waals surface area contributed by atoms with Crippen LogP contribution in [0.5, 0.6) is 0 Å². The first kappa shape index (κ1) is 14.0. The van der Waals surface area contributed by atoms with Crippen LogP contribution in [0.1, 0.15) is 29.9 Å². The molecule has 1 aliphatic carbocycles. The zero-order valence-electron chi connectivity index (χ0n) is 11.4. The van der Waals surface area contributed by atoms with Crippen LogP contribution in [0.25, 0.3) is 0 Å². The Hall–Kier alpha value is -0.990. The Morgan fingerprint density at radius 3 is 2.65 bits per heavy atom. The molecule has 0 spiro atoms. The van der Waals surface area contributed by atoms with Crippen LogP contribution in [0.4, 0.5) is 5.69 Å². The predicted octanol–water partition coefficient (Wildman–Crippen LogP) is 5.77. The fourth-order valence-corrected chi connectivity index (χ4v) is 3.18. The standard InChI is InChI=1S/C17H17BrClN/c1-11-3-2-4-12(7-11)13-8-15(9-13)20-14-5-6-16(18)17(19)10-14/h2-7,10,13,15,20H,8-9H2,1H3. The molecule has 0 saturated heterocycles. The van der Waals surface area contributed by atoms with Crippen molar-refractivity contribution in [1.29, 1.82) is 0 Å². The Balaban J connectivity index is 1.59. The topological polar surface area (TPSA) is 12.0 Å². The summed E-state index contributed by atoms with van der Waals surface area (Å²) in [7, 11) is 0. The highest BCUT2D eigenvalue weighted by Gasteiger charge is 2.30. The van der Waals surface area contributed by atoms with Crippen molar-refractivity contribution >= 4 is 33.2 Å². The SMILES string of the molecule is Cc1cccc(C2CC(Nc3ccc(Br)c(Cl)c3)C2)c1. The van der Waals surface area contributed by atoms with Gasteiger partial charge in [-0.15, -0.1) is 0 Å². The molecule has 2 aromatic rings. The van der Waals surface area contributed by atoms with Gasteiger partial charge in [-0.25, -0.2) is 0 Å². The molecule has 0 aromatic heterocycles. The Bertz CT molecular complexity index is 620. The molecule has 0 aliphatic heterocycles. The summed E-state index contributed by atoms with van der Waals surface area (Å²) in [5.74, 6) is 0.693. The molecule has 1 nitrogen and oxygen atoms in total. The lowest BCUT2D eigenvalue weighted by molar-refractivity contribution is 0.374. The third kappa shape index (κ3) is 3.02. The van der Waals surface area contributed by atoms with Crippen LogP contribution in [-0.2, 0) is 0 Å². The monoisotopic (exact) mass is 349 g/mol. The first-order valence-corrected chi connectivity index (χ1v) is 8.07. The van der Waals surface area contributed by atoms with E-state index in [9.17, 15) is 0 Å². The quantitative estimate of drug-likeness (QED) is 0.741. The minimum atomic E-state index is 0.553. The van der Waals surface area contributed by atoms with E-state index < -0.39 is 0 Å². The summed E-state index contributed by atoms with van der Waals surface area (Å²) in [6, 6.07) is 15.4. The molecule has 3 heteroatoms. The highest BCUT2D eigenvalue weighted by atomic mass is 79.9.